The molecule has 0 N–H and O–H groups in total. The van der Waals surface area contributed by atoms with Crippen LogP contribution < -0.4 is 14.9 Å². The summed E-state index contributed by atoms with van der Waals surface area (Å²) in [5, 5.41) is 0.908. The van der Waals surface area contributed by atoms with E-state index < -0.39 is 0 Å². The Morgan fingerprint density at radius 2 is 1.73 bits per heavy atom. The first-order valence-electron chi connectivity index (χ1n) is 10.7. The summed E-state index contributed by atoms with van der Waals surface area (Å²) in [6.07, 6.45) is 3.63. The van der Waals surface area contributed by atoms with Crippen LogP contribution in [0.1, 0.15) is 34.7 Å². The van der Waals surface area contributed by atoms with Gasteiger partial charge in [-0.3, -0.25) is 9.36 Å². The minimum atomic E-state index is -0.178. The third-order valence-corrected chi connectivity index (χ3v) is 8.07. The van der Waals surface area contributed by atoms with Crippen LogP contribution >= 0.6 is 34.5 Å². The molecular formula is C27H18Cl2N2OS. The number of hydrogen-bond donors (Lipinski definition) is 0. The lowest BCUT2D eigenvalue weighted by Crippen LogP contribution is -2.38. The van der Waals surface area contributed by atoms with Crippen molar-refractivity contribution in [1.82, 2.24) is 4.57 Å². The summed E-state index contributed by atoms with van der Waals surface area (Å²) in [6.45, 7) is 0. The Morgan fingerprint density at radius 1 is 0.939 bits per heavy atom. The third kappa shape index (κ3) is 3.41. The number of allylic oxidation sites excluding steroid dienone is 1. The Kier molecular flexibility index (Phi) is 5.10. The molecule has 3 aromatic carbocycles. The highest BCUT2D eigenvalue weighted by molar-refractivity contribution is 7.07. The number of benzene rings is 3. The molecule has 0 unspecified atom stereocenters. The second-order valence-electron chi connectivity index (χ2n) is 8.17. The number of aromatic nitrogens is 1. The summed E-state index contributed by atoms with van der Waals surface area (Å²) in [4.78, 5) is 19.4. The normalized spacial score (nSPS) is 17.3. The topological polar surface area (TPSA) is 34.4 Å². The fourth-order valence-electron chi connectivity index (χ4n) is 4.73. The second-order valence-corrected chi connectivity index (χ2v) is 9.96. The summed E-state index contributed by atoms with van der Waals surface area (Å²) in [6, 6.07) is 23.9. The lowest BCUT2D eigenvalue weighted by atomic mass is 9.83. The first-order valence-corrected chi connectivity index (χ1v) is 12.3. The highest BCUT2D eigenvalue weighted by atomic mass is 35.5. The average molecular weight is 489 g/mol. The zero-order chi connectivity index (χ0) is 22.5. The van der Waals surface area contributed by atoms with E-state index in [4.69, 9.17) is 28.2 Å². The maximum atomic E-state index is 13.7. The quantitative estimate of drug-likeness (QED) is 0.360. The minimum Gasteiger partial charge on any atom is -0.272 e. The molecule has 1 aromatic heterocycles. The van der Waals surface area contributed by atoms with Crippen LogP contribution in [0.5, 0.6) is 0 Å². The predicted octanol–water partition coefficient (Wildman–Crippen LogP) is 5.63. The van der Waals surface area contributed by atoms with E-state index in [0.29, 0.717) is 19.4 Å². The van der Waals surface area contributed by atoms with E-state index in [-0.39, 0.29) is 11.6 Å². The van der Waals surface area contributed by atoms with Gasteiger partial charge in [0.1, 0.15) is 0 Å². The Hall–Kier alpha value is -2.92. The number of aryl methyl sites for hydroxylation is 1. The highest BCUT2D eigenvalue weighted by Crippen LogP contribution is 2.41. The number of thiazole rings is 1. The van der Waals surface area contributed by atoms with Gasteiger partial charge in [0, 0.05) is 5.56 Å². The molecule has 2 aliphatic rings. The Morgan fingerprint density at radius 3 is 2.58 bits per heavy atom. The maximum absolute atomic E-state index is 13.7. The van der Waals surface area contributed by atoms with Gasteiger partial charge >= 0.3 is 0 Å². The summed E-state index contributed by atoms with van der Waals surface area (Å²) < 4.78 is 2.43. The lowest BCUT2D eigenvalue weighted by Gasteiger charge is -2.30. The van der Waals surface area contributed by atoms with Crippen molar-refractivity contribution in [3.05, 3.63) is 130 Å². The Balaban J connectivity index is 1.64. The number of rotatable bonds is 2. The van der Waals surface area contributed by atoms with Crippen molar-refractivity contribution in [2.24, 2.45) is 4.99 Å². The van der Waals surface area contributed by atoms with Crippen LogP contribution in [0.2, 0.25) is 10.0 Å². The molecule has 1 atom stereocenters. The summed E-state index contributed by atoms with van der Waals surface area (Å²) >= 11 is 14.0. The molecule has 6 rings (SSSR count). The SMILES string of the molecule is O=c1/c(=C\c2cccc(Cl)c2Cl)sc2n1[C@H](c1ccccc1)C1=C(N=2)c2ccccc2CC1. The van der Waals surface area contributed by atoms with Crippen LogP contribution in [0.15, 0.2) is 88.2 Å². The van der Waals surface area contributed by atoms with Gasteiger partial charge in [0.05, 0.1) is 26.3 Å². The summed E-state index contributed by atoms with van der Waals surface area (Å²) in [5.41, 5.74) is 6.41. The lowest BCUT2D eigenvalue weighted by molar-refractivity contribution is 0.585. The van der Waals surface area contributed by atoms with Crippen molar-refractivity contribution in [3.8, 4) is 0 Å². The molecule has 0 amide bonds. The van der Waals surface area contributed by atoms with Crippen LogP contribution in [0.3, 0.4) is 0 Å². The van der Waals surface area contributed by atoms with Crippen LogP contribution in [-0.4, -0.2) is 4.57 Å². The van der Waals surface area contributed by atoms with Crippen molar-refractivity contribution in [3.63, 3.8) is 0 Å². The molecule has 0 fully saturated rings. The van der Waals surface area contributed by atoms with Gasteiger partial charge in [0.2, 0.25) is 0 Å². The van der Waals surface area contributed by atoms with Crippen molar-refractivity contribution in [1.29, 1.82) is 0 Å². The van der Waals surface area contributed by atoms with E-state index in [2.05, 4.69) is 36.4 Å². The zero-order valence-electron chi connectivity index (χ0n) is 17.5. The van der Waals surface area contributed by atoms with Crippen LogP contribution in [0, 0.1) is 0 Å². The fraction of sp³-hybridized carbons (Fsp3) is 0.111. The molecule has 3 nitrogen and oxygen atoms in total. The number of hydrogen-bond acceptors (Lipinski definition) is 3. The molecule has 162 valence electrons. The molecule has 33 heavy (non-hydrogen) atoms. The van der Waals surface area contributed by atoms with Crippen LogP contribution in [-0.2, 0) is 6.42 Å². The Labute approximate surface area is 204 Å². The van der Waals surface area contributed by atoms with E-state index in [1.54, 1.807) is 6.07 Å². The number of halogens is 2. The maximum Gasteiger partial charge on any atom is 0.271 e. The van der Waals surface area contributed by atoms with Gasteiger partial charge < -0.3 is 0 Å². The number of nitrogens with zero attached hydrogens (tertiary/aromatic N) is 2. The standard InChI is InChI=1S/C27H18Cl2N2OS/c28-21-12-6-10-18(23(21)29)15-22-26(32)31-25(17-8-2-1-3-9-17)20-14-13-16-7-4-5-11-19(16)24(20)30-27(31)33-22/h1-12,15,25H,13-14H2/b22-15+/t25-/m1/s1. The summed E-state index contributed by atoms with van der Waals surface area (Å²) in [5.74, 6) is 0. The molecule has 1 aliphatic heterocycles. The van der Waals surface area contributed by atoms with Crippen LogP contribution in [0.25, 0.3) is 11.8 Å². The molecule has 1 aliphatic carbocycles. The summed E-state index contributed by atoms with van der Waals surface area (Å²) in [7, 11) is 0. The van der Waals surface area contributed by atoms with Gasteiger partial charge in [0.15, 0.2) is 4.80 Å². The monoisotopic (exact) mass is 488 g/mol. The van der Waals surface area contributed by atoms with Gasteiger partial charge in [-0.15, -0.1) is 0 Å². The van der Waals surface area contributed by atoms with Crippen molar-refractivity contribution < 1.29 is 0 Å². The number of fused-ring (bicyclic) bond motifs is 3. The van der Waals surface area contributed by atoms with Gasteiger partial charge in [0.25, 0.3) is 5.56 Å². The molecule has 0 radical (unpaired) electrons. The van der Waals surface area contributed by atoms with Gasteiger partial charge in [-0.1, -0.05) is 101 Å². The molecule has 6 heteroatoms. The molecule has 0 saturated heterocycles. The van der Waals surface area contributed by atoms with Gasteiger partial charge in [-0.2, -0.15) is 0 Å². The first-order chi connectivity index (χ1) is 16.1. The second kappa shape index (κ2) is 8.14. The Bertz CT molecular complexity index is 1620. The molecule has 2 heterocycles. The van der Waals surface area contributed by atoms with E-state index in [1.807, 2.05) is 41.0 Å². The highest BCUT2D eigenvalue weighted by Gasteiger charge is 2.32. The molecule has 0 saturated carbocycles. The molecule has 0 bridgehead atoms. The smallest absolute Gasteiger partial charge is 0.271 e. The van der Waals surface area contributed by atoms with E-state index in [9.17, 15) is 4.79 Å². The molecule has 0 spiro atoms. The van der Waals surface area contributed by atoms with Crippen LogP contribution in [0.4, 0.5) is 0 Å². The minimum absolute atomic E-state index is 0.0611. The van der Waals surface area contributed by atoms with E-state index in [1.165, 1.54) is 22.5 Å². The zero-order valence-corrected chi connectivity index (χ0v) is 19.8. The van der Waals surface area contributed by atoms with Crippen molar-refractivity contribution in [2.45, 2.75) is 18.9 Å². The average Bonchev–Trinajstić information content (AvgIpc) is 3.15. The molecular weight excluding hydrogens is 471 g/mol. The molecule has 4 aromatic rings. The van der Waals surface area contributed by atoms with E-state index >= 15 is 0 Å². The van der Waals surface area contributed by atoms with E-state index in [0.717, 1.165) is 35.2 Å². The fourth-order valence-corrected chi connectivity index (χ4v) is 6.09. The predicted molar refractivity (Wildman–Crippen MR) is 136 cm³/mol. The largest absolute Gasteiger partial charge is 0.272 e. The van der Waals surface area contributed by atoms with Crippen molar-refractivity contribution >= 4 is 46.3 Å². The van der Waals surface area contributed by atoms with Gasteiger partial charge in [-0.25, -0.2) is 4.99 Å². The third-order valence-electron chi connectivity index (χ3n) is 6.26. The first kappa shape index (κ1) is 20.7. The van der Waals surface area contributed by atoms with Gasteiger partial charge in [-0.05, 0) is 47.2 Å². The van der Waals surface area contributed by atoms with Crippen molar-refractivity contribution in [2.75, 3.05) is 0 Å².